The average Bonchev–Trinajstić information content (AvgIpc) is 2.37. The zero-order chi connectivity index (χ0) is 13.1. The van der Waals surface area contributed by atoms with Crippen molar-refractivity contribution >= 4 is 23.2 Å². The SMILES string of the molecule is COC(=O)C1=CC(c2cccc(F)c2)=N[S+]([O-])N1. The highest BCUT2D eigenvalue weighted by Crippen LogP contribution is 2.13. The Labute approximate surface area is 106 Å². The normalized spacial score (nSPS) is 18.5. The minimum absolute atomic E-state index is 0.0186. The summed E-state index contributed by atoms with van der Waals surface area (Å²) in [6.07, 6.45) is 1.36. The van der Waals surface area contributed by atoms with E-state index < -0.39 is 23.3 Å². The summed E-state index contributed by atoms with van der Waals surface area (Å²) in [6, 6.07) is 5.64. The van der Waals surface area contributed by atoms with Gasteiger partial charge in [-0.2, -0.15) is 4.72 Å². The van der Waals surface area contributed by atoms with Crippen LogP contribution in [0.1, 0.15) is 5.56 Å². The van der Waals surface area contributed by atoms with E-state index in [1.54, 1.807) is 6.07 Å². The summed E-state index contributed by atoms with van der Waals surface area (Å²) in [5, 5.41) is 0. The Morgan fingerprint density at radius 2 is 2.33 bits per heavy atom. The molecule has 1 unspecified atom stereocenters. The number of ether oxygens (including phenoxy) is 1. The lowest BCUT2D eigenvalue weighted by molar-refractivity contribution is -0.136. The number of esters is 1. The van der Waals surface area contributed by atoms with Gasteiger partial charge >= 0.3 is 5.97 Å². The van der Waals surface area contributed by atoms with E-state index in [0.717, 1.165) is 0 Å². The smallest absolute Gasteiger partial charge is 0.358 e. The van der Waals surface area contributed by atoms with Crippen LogP contribution in [0.15, 0.2) is 40.4 Å². The van der Waals surface area contributed by atoms with Crippen LogP contribution in [-0.4, -0.2) is 23.3 Å². The fraction of sp³-hybridized carbons (Fsp3) is 0.0909. The second-order valence-electron chi connectivity index (χ2n) is 3.39. The van der Waals surface area contributed by atoms with Gasteiger partial charge in [0.1, 0.15) is 11.5 Å². The number of rotatable bonds is 2. The molecule has 1 aromatic carbocycles. The summed E-state index contributed by atoms with van der Waals surface area (Å²) in [7, 11) is 1.21. The first kappa shape index (κ1) is 12.6. The van der Waals surface area contributed by atoms with E-state index in [9.17, 15) is 13.7 Å². The molecular formula is C11H9FN2O3S. The van der Waals surface area contributed by atoms with E-state index >= 15 is 0 Å². The lowest BCUT2D eigenvalue weighted by Crippen LogP contribution is -2.31. The minimum Gasteiger partial charge on any atom is -0.567 e. The van der Waals surface area contributed by atoms with Gasteiger partial charge < -0.3 is 9.29 Å². The number of nitrogens with zero attached hydrogens (tertiary/aromatic N) is 1. The van der Waals surface area contributed by atoms with Crippen LogP contribution in [0, 0.1) is 5.82 Å². The van der Waals surface area contributed by atoms with Crippen LogP contribution in [0.3, 0.4) is 0 Å². The van der Waals surface area contributed by atoms with Crippen molar-refractivity contribution in [1.82, 2.24) is 4.72 Å². The molecule has 0 aliphatic carbocycles. The molecule has 7 heteroatoms. The third-order valence-electron chi connectivity index (χ3n) is 2.19. The van der Waals surface area contributed by atoms with Crippen LogP contribution < -0.4 is 4.72 Å². The second-order valence-corrected chi connectivity index (χ2v) is 4.27. The molecule has 0 spiro atoms. The van der Waals surface area contributed by atoms with Gasteiger partial charge in [0.2, 0.25) is 11.5 Å². The zero-order valence-corrected chi connectivity index (χ0v) is 10.2. The van der Waals surface area contributed by atoms with Crippen molar-refractivity contribution in [2.24, 2.45) is 4.40 Å². The van der Waals surface area contributed by atoms with Gasteiger partial charge in [-0.15, -0.1) is 0 Å². The van der Waals surface area contributed by atoms with Crippen molar-refractivity contribution in [3.63, 3.8) is 0 Å². The molecule has 0 saturated carbocycles. The molecule has 0 bridgehead atoms. The number of carbonyl (C=O) groups is 1. The number of carbonyl (C=O) groups excluding carboxylic acids is 1. The summed E-state index contributed by atoms with van der Waals surface area (Å²) in [5.41, 5.74) is 0.711. The molecule has 94 valence electrons. The third-order valence-corrected chi connectivity index (χ3v) is 2.94. The lowest BCUT2D eigenvalue weighted by Gasteiger charge is -2.13. The maximum absolute atomic E-state index is 13.1. The Bertz CT molecular complexity index is 545. The molecule has 0 radical (unpaired) electrons. The first-order valence-corrected chi connectivity index (χ1v) is 6.04. The summed E-state index contributed by atoms with van der Waals surface area (Å²) < 4.78 is 35.2. The predicted octanol–water partition coefficient (Wildman–Crippen LogP) is 0.854. The molecule has 1 N–H and O–H groups in total. The van der Waals surface area contributed by atoms with Crippen LogP contribution in [-0.2, 0) is 21.1 Å². The molecule has 1 aliphatic rings. The summed E-state index contributed by atoms with van der Waals surface area (Å²) >= 11 is -1.78. The van der Waals surface area contributed by atoms with Crippen LogP contribution >= 0.6 is 0 Å². The van der Waals surface area contributed by atoms with Crippen molar-refractivity contribution in [2.75, 3.05) is 7.11 Å². The molecule has 1 heterocycles. The number of halogens is 1. The summed E-state index contributed by atoms with van der Waals surface area (Å²) in [6.45, 7) is 0. The standard InChI is InChI=1S/C11H9FN2O3S/c1-17-11(15)10-6-9(13-18(16)14-10)7-3-2-4-8(12)5-7/h2-6,14H,1H3. The molecular weight excluding hydrogens is 259 g/mol. The van der Waals surface area contributed by atoms with Gasteiger partial charge in [-0.25, -0.2) is 9.18 Å². The van der Waals surface area contributed by atoms with Gasteiger partial charge in [0.05, 0.1) is 7.11 Å². The molecule has 1 aromatic rings. The van der Waals surface area contributed by atoms with E-state index in [2.05, 4.69) is 13.9 Å². The van der Waals surface area contributed by atoms with E-state index in [4.69, 9.17) is 0 Å². The lowest BCUT2D eigenvalue weighted by atomic mass is 10.1. The Morgan fingerprint density at radius 3 is 3.00 bits per heavy atom. The van der Waals surface area contributed by atoms with E-state index in [0.29, 0.717) is 5.56 Å². The van der Waals surface area contributed by atoms with Gasteiger partial charge in [0, 0.05) is 11.6 Å². The van der Waals surface area contributed by atoms with Crippen LogP contribution in [0.5, 0.6) is 0 Å². The monoisotopic (exact) mass is 268 g/mol. The maximum atomic E-state index is 13.1. The molecule has 18 heavy (non-hydrogen) atoms. The number of benzene rings is 1. The van der Waals surface area contributed by atoms with E-state index in [-0.39, 0.29) is 11.4 Å². The van der Waals surface area contributed by atoms with Crippen molar-refractivity contribution in [2.45, 2.75) is 0 Å². The van der Waals surface area contributed by atoms with E-state index in [1.807, 2.05) is 0 Å². The Balaban J connectivity index is 2.37. The predicted molar refractivity (Wildman–Crippen MR) is 64.3 cm³/mol. The van der Waals surface area contributed by atoms with Gasteiger partial charge in [0.25, 0.3) is 0 Å². The second kappa shape index (κ2) is 5.19. The molecule has 2 rings (SSSR count). The first-order chi connectivity index (χ1) is 8.60. The Kier molecular flexibility index (Phi) is 3.63. The van der Waals surface area contributed by atoms with Crippen molar-refractivity contribution in [3.8, 4) is 0 Å². The fourth-order valence-corrected chi connectivity index (χ4v) is 2.11. The summed E-state index contributed by atoms with van der Waals surface area (Å²) in [4.78, 5) is 11.3. The van der Waals surface area contributed by atoms with Gasteiger partial charge in [-0.05, 0) is 16.5 Å². The fourth-order valence-electron chi connectivity index (χ4n) is 1.39. The average molecular weight is 268 g/mol. The highest BCUT2D eigenvalue weighted by atomic mass is 32.2. The molecule has 1 atom stereocenters. The van der Waals surface area contributed by atoms with Crippen molar-refractivity contribution in [3.05, 3.63) is 47.4 Å². The third kappa shape index (κ3) is 2.69. The highest BCUT2D eigenvalue weighted by molar-refractivity contribution is 7.88. The largest absolute Gasteiger partial charge is 0.567 e. The van der Waals surface area contributed by atoms with Crippen LogP contribution in [0.2, 0.25) is 0 Å². The maximum Gasteiger partial charge on any atom is 0.358 e. The van der Waals surface area contributed by atoms with Gasteiger partial charge in [0.15, 0.2) is 5.70 Å². The Morgan fingerprint density at radius 1 is 1.56 bits per heavy atom. The molecule has 0 fully saturated rings. The molecule has 0 aromatic heterocycles. The minimum atomic E-state index is -1.78. The topological polar surface area (TPSA) is 73.8 Å². The Hall–Kier alpha value is -1.86. The number of nitrogens with one attached hydrogen (secondary N) is 1. The molecule has 5 nitrogen and oxygen atoms in total. The highest BCUT2D eigenvalue weighted by Gasteiger charge is 2.24. The van der Waals surface area contributed by atoms with E-state index in [1.165, 1.54) is 31.4 Å². The van der Waals surface area contributed by atoms with Crippen molar-refractivity contribution in [1.29, 1.82) is 0 Å². The van der Waals surface area contributed by atoms with Gasteiger partial charge in [-0.3, -0.25) is 0 Å². The number of methoxy groups -OCH3 is 1. The quantitative estimate of drug-likeness (QED) is 0.637. The zero-order valence-electron chi connectivity index (χ0n) is 9.34. The van der Waals surface area contributed by atoms with Crippen molar-refractivity contribution < 1.29 is 18.5 Å². The van der Waals surface area contributed by atoms with Crippen LogP contribution in [0.25, 0.3) is 0 Å². The van der Waals surface area contributed by atoms with Crippen LogP contribution in [0.4, 0.5) is 4.39 Å². The molecule has 0 amide bonds. The number of allylic oxidation sites excluding steroid dienone is 1. The number of hydrogen-bond acceptors (Lipinski definition) is 5. The number of hydrogen-bond donors (Lipinski definition) is 1. The van der Waals surface area contributed by atoms with Gasteiger partial charge in [-0.1, -0.05) is 12.1 Å². The molecule has 0 saturated heterocycles. The summed E-state index contributed by atoms with van der Waals surface area (Å²) in [5.74, 6) is -1.10. The first-order valence-electron chi connectivity index (χ1n) is 4.93. The molecule has 1 aliphatic heterocycles.